The molecule has 0 unspecified atom stereocenters. The lowest BCUT2D eigenvalue weighted by Gasteiger charge is -2.07. The number of rotatable bonds is 6. The van der Waals surface area contributed by atoms with Crippen LogP contribution in [0.25, 0.3) is 0 Å². The van der Waals surface area contributed by atoms with E-state index in [-0.39, 0.29) is 0 Å². The number of unbranched alkanes of at least 4 members (excludes halogenated alkanes) is 1. The summed E-state index contributed by atoms with van der Waals surface area (Å²) < 4.78 is 0. The van der Waals surface area contributed by atoms with Gasteiger partial charge in [0.25, 0.3) is 0 Å². The maximum Gasteiger partial charge on any atom is 0.123 e. The molecule has 1 aromatic rings. The fraction of sp³-hybridized carbons (Fsp3) is 0.583. The second-order valence-electron chi connectivity index (χ2n) is 4.15. The van der Waals surface area contributed by atoms with Gasteiger partial charge in [-0.15, -0.1) is 0 Å². The third-order valence-electron chi connectivity index (χ3n) is 2.29. The first-order chi connectivity index (χ1) is 7.18. The molecule has 1 rings (SSSR count). The van der Waals surface area contributed by atoms with Crippen molar-refractivity contribution in [3.8, 4) is 0 Å². The SMILES string of the molecule is CC(C)NCCCCc1ccnc(N)c1. The van der Waals surface area contributed by atoms with Crippen LogP contribution in [-0.4, -0.2) is 17.6 Å². The van der Waals surface area contributed by atoms with Gasteiger partial charge < -0.3 is 11.1 Å². The van der Waals surface area contributed by atoms with Crippen LogP contribution in [0.4, 0.5) is 5.82 Å². The molecule has 3 N–H and O–H groups in total. The van der Waals surface area contributed by atoms with E-state index in [1.54, 1.807) is 6.20 Å². The second-order valence-corrected chi connectivity index (χ2v) is 4.15. The summed E-state index contributed by atoms with van der Waals surface area (Å²) in [6.07, 6.45) is 5.27. The van der Waals surface area contributed by atoms with Crippen LogP contribution in [0.2, 0.25) is 0 Å². The lowest BCUT2D eigenvalue weighted by molar-refractivity contribution is 0.557. The summed E-state index contributed by atoms with van der Waals surface area (Å²) in [6, 6.07) is 4.57. The highest BCUT2D eigenvalue weighted by atomic mass is 14.9. The van der Waals surface area contributed by atoms with Crippen molar-refractivity contribution in [3.63, 3.8) is 0 Å². The van der Waals surface area contributed by atoms with Crippen molar-refractivity contribution in [2.45, 2.75) is 39.2 Å². The molecule has 0 radical (unpaired) electrons. The quantitative estimate of drug-likeness (QED) is 0.701. The molecule has 3 nitrogen and oxygen atoms in total. The molecule has 0 aromatic carbocycles. The summed E-state index contributed by atoms with van der Waals surface area (Å²) in [4.78, 5) is 3.97. The van der Waals surface area contributed by atoms with E-state index in [0.29, 0.717) is 11.9 Å². The van der Waals surface area contributed by atoms with Gasteiger partial charge in [-0.1, -0.05) is 13.8 Å². The Labute approximate surface area is 92.1 Å². The van der Waals surface area contributed by atoms with Crippen LogP contribution in [0, 0.1) is 0 Å². The van der Waals surface area contributed by atoms with Gasteiger partial charge in [0.15, 0.2) is 0 Å². The van der Waals surface area contributed by atoms with Gasteiger partial charge in [-0.05, 0) is 43.5 Å². The number of aromatic nitrogens is 1. The van der Waals surface area contributed by atoms with E-state index < -0.39 is 0 Å². The van der Waals surface area contributed by atoms with E-state index in [2.05, 4.69) is 24.1 Å². The molecule has 15 heavy (non-hydrogen) atoms. The molecular formula is C12H21N3. The Hall–Kier alpha value is -1.09. The Bertz CT molecular complexity index is 284. The normalized spacial score (nSPS) is 10.9. The summed E-state index contributed by atoms with van der Waals surface area (Å²) in [7, 11) is 0. The number of nitrogens with two attached hydrogens (primary N) is 1. The van der Waals surface area contributed by atoms with Gasteiger partial charge in [0.1, 0.15) is 5.82 Å². The van der Waals surface area contributed by atoms with Gasteiger partial charge in [0, 0.05) is 12.2 Å². The number of nitrogens with one attached hydrogen (secondary N) is 1. The molecule has 84 valence electrons. The van der Waals surface area contributed by atoms with Crippen molar-refractivity contribution in [3.05, 3.63) is 23.9 Å². The Balaban J connectivity index is 2.15. The first kappa shape index (κ1) is 12.0. The molecule has 0 saturated carbocycles. The summed E-state index contributed by atoms with van der Waals surface area (Å²) >= 11 is 0. The van der Waals surface area contributed by atoms with E-state index in [4.69, 9.17) is 5.73 Å². The molecule has 0 aliphatic rings. The number of hydrogen-bond donors (Lipinski definition) is 2. The maximum absolute atomic E-state index is 5.61. The highest BCUT2D eigenvalue weighted by Gasteiger charge is 1.95. The topological polar surface area (TPSA) is 50.9 Å². The molecule has 0 atom stereocenters. The van der Waals surface area contributed by atoms with Gasteiger partial charge in [-0.3, -0.25) is 0 Å². The predicted molar refractivity (Wildman–Crippen MR) is 64.7 cm³/mol. The van der Waals surface area contributed by atoms with Crippen LogP contribution < -0.4 is 11.1 Å². The molecule has 1 aromatic heterocycles. The van der Waals surface area contributed by atoms with E-state index in [1.807, 2.05) is 12.1 Å². The number of nitrogens with zero attached hydrogens (tertiary/aromatic N) is 1. The van der Waals surface area contributed by atoms with Crippen molar-refractivity contribution in [2.75, 3.05) is 12.3 Å². The van der Waals surface area contributed by atoms with Crippen LogP contribution in [0.15, 0.2) is 18.3 Å². The summed E-state index contributed by atoms with van der Waals surface area (Å²) in [5.41, 5.74) is 6.89. The van der Waals surface area contributed by atoms with Crippen molar-refractivity contribution in [1.29, 1.82) is 0 Å². The lowest BCUT2D eigenvalue weighted by atomic mass is 10.1. The van der Waals surface area contributed by atoms with Crippen molar-refractivity contribution in [2.24, 2.45) is 0 Å². The fourth-order valence-electron chi connectivity index (χ4n) is 1.49. The van der Waals surface area contributed by atoms with Gasteiger partial charge >= 0.3 is 0 Å². The lowest BCUT2D eigenvalue weighted by Crippen LogP contribution is -2.23. The average Bonchev–Trinajstić information content (AvgIpc) is 2.17. The molecule has 0 spiro atoms. The standard InChI is InChI=1S/C12H21N3/c1-10(2)14-7-4-3-5-11-6-8-15-12(13)9-11/h6,8-10,14H,3-5,7H2,1-2H3,(H2,13,15). The van der Waals surface area contributed by atoms with Gasteiger partial charge in [0.2, 0.25) is 0 Å². The van der Waals surface area contributed by atoms with E-state index in [0.717, 1.165) is 13.0 Å². The predicted octanol–water partition coefficient (Wildman–Crippen LogP) is 1.98. The third kappa shape index (κ3) is 5.37. The van der Waals surface area contributed by atoms with E-state index in [1.165, 1.54) is 18.4 Å². The summed E-state index contributed by atoms with van der Waals surface area (Å²) in [6.45, 7) is 5.44. The average molecular weight is 207 g/mol. The van der Waals surface area contributed by atoms with Crippen LogP contribution >= 0.6 is 0 Å². The fourth-order valence-corrected chi connectivity index (χ4v) is 1.49. The van der Waals surface area contributed by atoms with Gasteiger partial charge in [-0.2, -0.15) is 0 Å². The first-order valence-corrected chi connectivity index (χ1v) is 5.62. The number of hydrogen-bond acceptors (Lipinski definition) is 3. The summed E-state index contributed by atoms with van der Waals surface area (Å²) in [5.74, 6) is 0.618. The minimum Gasteiger partial charge on any atom is -0.384 e. The van der Waals surface area contributed by atoms with Crippen LogP contribution in [0.5, 0.6) is 0 Å². The van der Waals surface area contributed by atoms with Crippen LogP contribution in [-0.2, 0) is 6.42 Å². The minimum absolute atomic E-state index is 0.585. The minimum atomic E-state index is 0.585. The number of aryl methyl sites for hydroxylation is 1. The molecule has 0 aliphatic carbocycles. The van der Waals surface area contributed by atoms with Crippen molar-refractivity contribution < 1.29 is 0 Å². The Morgan fingerprint density at radius 2 is 2.20 bits per heavy atom. The Kier molecular flexibility index (Phi) is 5.12. The molecule has 0 amide bonds. The zero-order valence-electron chi connectivity index (χ0n) is 9.66. The largest absolute Gasteiger partial charge is 0.384 e. The molecular weight excluding hydrogens is 186 g/mol. The zero-order chi connectivity index (χ0) is 11.1. The number of pyridine rings is 1. The van der Waals surface area contributed by atoms with Crippen LogP contribution in [0.1, 0.15) is 32.3 Å². The molecule has 0 saturated heterocycles. The number of nitrogen functional groups attached to an aromatic ring is 1. The molecule has 0 fully saturated rings. The smallest absolute Gasteiger partial charge is 0.123 e. The first-order valence-electron chi connectivity index (χ1n) is 5.62. The molecule has 0 bridgehead atoms. The van der Waals surface area contributed by atoms with E-state index >= 15 is 0 Å². The number of anilines is 1. The third-order valence-corrected chi connectivity index (χ3v) is 2.29. The Morgan fingerprint density at radius 3 is 2.87 bits per heavy atom. The highest BCUT2D eigenvalue weighted by Crippen LogP contribution is 2.06. The van der Waals surface area contributed by atoms with Crippen molar-refractivity contribution >= 4 is 5.82 Å². The van der Waals surface area contributed by atoms with E-state index in [9.17, 15) is 0 Å². The van der Waals surface area contributed by atoms with Gasteiger partial charge in [-0.25, -0.2) is 4.98 Å². The molecule has 0 aliphatic heterocycles. The molecule has 3 heteroatoms. The monoisotopic (exact) mass is 207 g/mol. The maximum atomic E-state index is 5.61. The zero-order valence-corrected chi connectivity index (χ0v) is 9.66. The second kappa shape index (κ2) is 6.40. The highest BCUT2D eigenvalue weighted by molar-refractivity contribution is 5.31. The summed E-state index contributed by atoms with van der Waals surface area (Å²) in [5, 5.41) is 3.41. The van der Waals surface area contributed by atoms with Crippen molar-refractivity contribution in [1.82, 2.24) is 10.3 Å². The van der Waals surface area contributed by atoms with Gasteiger partial charge in [0.05, 0.1) is 0 Å². The Morgan fingerprint density at radius 1 is 1.40 bits per heavy atom. The van der Waals surface area contributed by atoms with Crippen LogP contribution in [0.3, 0.4) is 0 Å². The molecule has 1 heterocycles.